The fourth-order valence-corrected chi connectivity index (χ4v) is 2.48. The smallest absolute Gasteiger partial charge is 0.142 e. The number of hydrogen-bond donors (Lipinski definition) is 1. The average Bonchev–Trinajstić information content (AvgIpc) is 2.27. The van der Waals surface area contributed by atoms with Gasteiger partial charge in [-0.05, 0) is 24.3 Å². The molecule has 0 radical (unpaired) electrons. The molecule has 0 unspecified atom stereocenters. The molecule has 0 spiro atoms. The van der Waals surface area contributed by atoms with Gasteiger partial charge in [0.05, 0.1) is 12.8 Å². The van der Waals surface area contributed by atoms with Crippen molar-refractivity contribution >= 4 is 5.82 Å². The number of anilines is 1. The van der Waals surface area contributed by atoms with Crippen LogP contribution in [0.25, 0.3) is 0 Å². The number of aromatic nitrogens is 1. The van der Waals surface area contributed by atoms with Crippen molar-refractivity contribution < 1.29 is 9.50 Å². The Balaban J connectivity index is 2.27. The molecular formula is C13H19FN2O. The molecule has 1 aromatic rings. The van der Waals surface area contributed by atoms with E-state index in [9.17, 15) is 9.50 Å². The lowest BCUT2D eigenvalue weighted by Crippen LogP contribution is -2.41. The molecule has 4 heteroatoms. The van der Waals surface area contributed by atoms with Gasteiger partial charge in [-0.1, -0.05) is 13.8 Å². The second-order valence-electron chi connectivity index (χ2n) is 5.48. The minimum absolute atomic E-state index is 0.170. The Hall–Kier alpha value is -1.16. The predicted octanol–water partition coefficient (Wildman–Crippen LogP) is 2.34. The molecule has 94 valence electrons. The highest BCUT2D eigenvalue weighted by molar-refractivity contribution is 5.47. The molecular weight excluding hydrogens is 219 g/mol. The monoisotopic (exact) mass is 238 g/mol. The highest BCUT2D eigenvalue weighted by Crippen LogP contribution is 2.32. The van der Waals surface area contributed by atoms with E-state index < -0.39 is 5.82 Å². The van der Waals surface area contributed by atoms with Gasteiger partial charge in [0.15, 0.2) is 0 Å². The van der Waals surface area contributed by atoms with Gasteiger partial charge in [0.1, 0.15) is 11.6 Å². The van der Waals surface area contributed by atoms with Crippen molar-refractivity contribution in [2.75, 3.05) is 18.0 Å². The first kappa shape index (κ1) is 12.3. The molecule has 1 N–H and O–H groups in total. The van der Waals surface area contributed by atoms with E-state index in [1.54, 1.807) is 0 Å². The Kier molecular flexibility index (Phi) is 3.33. The first-order chi connectivity index (χ1) is 8.02. The summed E-state index contributed by atoms with van der Waals surface area (Å²) in [6.45, 7) is 6.10. The van der Waals surface area contributed by atoms with E-state index in [0.29, 0.717) is 5.56 Å². The minimum atomic E-state index is -0.394. The maximum absolute atomic E-state index is 13.1. The number of piperidine rings is 1. The van der Waals surface area contributed by atoms with Crippen LogP contribution in [0.5, 0.6) is 0 Å². The van der Waals surface area contributed by atoms with E-state index in [2.05, 4.69) is 23.7 Å². The quantitative estimate of drug-likeness (QED) is 0.859. The van der Waals surface area contributed by atoms with Crippen molar-refractivity contribution in [2.45, 2.75) is 33.3 Å². The largest absolute Gasteiger partial charge is 0.392 e. The summed E-state index contributed by atoms with van der Waals surface area (Å²) >= 11 is 0. The van der Waals surface area contributed by atoms with E-state index in [1.807, 2.05) is 0 Å². The summed E-state index contributed by atoms with van der Waals surface area (Å²) < 4.78 is 13.1. The summed E-state index contributed by atoms with van der Waals surface area (Å²) in [5.41, 5.74) is 0.823. The molecule has 3 nitrogen and oxygen atoms in total. The molecule has 0 atom stereocenters. The van der Waals surface area contributed by atoms with Crippen molar-refractivity contribution in [3.63, 3.8) is 0 Å². The zero-order valence-electron chi connectivity index (χ0n) is 10.4. The van der Waals surface area contributed by atoms with Crippen LogP contribution in [0.1, 0.15) is 32.3 Å². The van der Waals surface area contributed by atoms with Crippen LogP contribution in [0, 0.1) is 11.2 Å². The van der Waals surface area contributed by atoms with Crippen LogP contribution in [0.15, 0.2) is 12.3 Å². The van der Waals surface area contributed by atoms with Gasteiger partial charge in [-0.2, -0.15) is 0 Å². The Bertz CT molecular complexity index is 406. The highest BCUT2D eigenvalue weighted by Gasteiger charge is 2.28. The number of halogens is 1. The van der Waals surface area contributed by atoms with Gasteiger partial charge in [0, 0.05) is 18.7 Å². The average molecular weight is 238 g/mol. The zero-order chi connectivity index (χ0) is 12.5. The summed E-state index contributed by atoms with van der Waals surface area (Å²) in [7, 11) is 0. The summed E-state index contributed by atoms with van der Waals surface area (Å²) in [5, 5.41) is 9.27. The Labute approximate surface area is 101 Å². The zero-order valence-corrected chi connectivity index (χ0v) is 10.4. The third kappa shape index (κ3) is 2.75. The molecule has 17 heavy (non-hydrogen) atoms. The number of nitrogens with zero attached hydrogens (tertiary/aromatic N) is 2. The number of rotatable bonds is 2. The molecule has 0 aliphatic carbocycles. The van der Waals surface area contributed by atoms with Crippen molar-refractivity contribution in [1.82, 2.24) is 4.98 Å². The highest BCUT2D eigenvalue weighted by atomic mass is 19.1. The minimum Gasteiger partial charge on any atom is -0.392 e. The SMILES string of the molecule is CC1(C)CCCN(c2ncc(F)cc2CO)C1. The molecule has 1 aromatic heterocycles. The van der Waals surface area contributed by atoms with Crippen molar-refractivity contribution in [2.24, 2.45) is 5.41 Å². The fraction of sp³-hybridized carbons (Fsp3) is 0.615. The van der Waals surface area contributed by atoms with E-state index >= 15 is 0 Å². The molecule has 1 fully saturated rings. The van der Waals surface area contributed by atoms with E-state index in [4.69, 9.17) is 0 Å². The first-order valence-electron chi connectivity index (χ1n) is 6.02. The summed E-state index contributed by atoms with van der Waals surface area (Å²) in [4.78, 5) is 6.28. The molecule has 1 aliphatic rings. The van der Waals surface area contributed by atoms with Crippen LogP contribution in [-0.4, -0.2) is 23.2 Å². The molecule has 0 saturated carbocycles. The fourth-order valence-electron chi connectivity index (χ4n) is 2.48. The lowest BCUT2D eigenvalue weighted by Gasteiger charge is -2.39. The van der Waals surface area contributed by atoms with Crippen LogP contribution in [0.2, 0.25) is 0 Å². The topological polar surface area (TPSA) is 36.4 Å². The molecule has 0 aromatic carbocycles. The summed E-state index contributed by atoms with van der Waals surface area (Å²) in [6.07, 6.45) is 3.52. The Morgan fingerprint density at radius 2 is 2.29 bits per heavy atom. The van der Waals surface area contributed by atoms with Gasteiger partial charge >= 0.3 is 0 Å². The Morgan fingerprint density at radius 1 is 1.53 bits per heavy atom. The van der Waals surface area contributed by atoms with Gasteiger partial charge in [0.2, 0.25) is 0 Å². The summed E-state index contributed by atoms with van der Waals surface area (Å²) in [6, 6.07) is 1.37. The molecule has 0 amide bonds. The van der Waals surface area contributed by atoms with Crippen LogP contribution in [0.4, 0.5) is 10.2 Å². The van der Waals surface area contributed by atoms with Gasteiger partial charge in [-0.25, -0.2) is 9.37 Å². The Morgan fingerprint density at radius 3 is 2.94 bits per heavy atom. The lowest BCUT2D eigenvalue weighted by atomic mass is 9.84. The van der Waals surface area contributed by atoms with Crippen LogP contribution in [0.3, 0.4) is 0 Å². The van der Waals surface area contributed by atoms with Gasteiger partial charge in [-0.15, -0.1) is 0 Å². The van der Waals surface area contributed by atoms with Crippen LogP contribution >= 0.6 is 0 Å². The third-order valence-corrected chi connectivity index (χ3v) is 3.28. The summed E-state index contributed by atoms with van der Waals surface area (Å²) in [5.74, 6) is 0.329. The van der Waals surface area contributed by atoms with Crippen molar-refractivity contribution in [3.8, 4) is 0 Å². The second kappa shape index (κ2) is 4.61. The van der Waals surface area contributed by atoms with Crippen molar-refractivity contribution in [1.29, 1.82) is 0 Å². The van der Waals surface area contributed by atoms with Crippen LogP contribution < -0.4 is 4.90 Å². The maximum Gasteiger partial charge on any atom is 0.142 e. The lowest BCUT2D eigenvalue weighted by molar-refractivity contribution is 0.274. The molecule has 0 bridgehead atoms. The normalized spacial score (nSPS) is 19.4. The van der Waals surface area contributed by atoms with E-state index in [1.165, 1.54) is 18.7 Å². The van der Waals surface area contributed by atoms with Crippen molar-refractivity contribution in [3.05, 3.63) is 23.6 Å². The number of aliphatic hydroxyl groups is 1. The molecule has 1 saturated heterocycles. The maximum atomic E-state index is 13.1. The first-order valence-corrected chi connectivity index (χ1v) is 6.02. The van der Waals surface area contributed by atoms with E-state index in [-0.39, 0.29) is 12.0 Å². The van der Waals surface area contributed by atoms with Gasteiger partial charge in [0.25, 0.3) is 0 Å². The molecule has 1 aliphatic heterocycles. The number of hydrogen-bond acceptors (Lipinski definition) is 3. The number of pyridine rings is 1. The van der Waals surface area contributed by atoms with Crippen LogP contribution in [-0.2, 0) is 6.61 Å². The van der Waals surface area contributed by atoms with Gasteiger partial charge in [-0.3, -0.25) is 0 Å². The standard InChI is InChI=1S/C13H19FN2O/c1-13(2)4-3-5-16(9-13)12-10(8-17)6-11(14)7-15-12/h6-7,17H,3-5,8-9H2,1-2H3. The molecule has 2 rings (SSSR count). The predicted molar refractivity (Wildman–Crippen MR) is 65.3 cm³/mol. The van der Waals surface area contributed by atoms with Gasteiger partial charge < -0.3 is 10.0 Å². The third-order valence-electron chi connectivity index (χ3n) is 3.28. The molecule has 2 heterocycles. The number of aliphatic hydroxyl groups excluding tert-OH is 1. The second-order valence-corrected chi connectivity index (χ2v) is 5.48. The van der Waals surface area contributed by atoms with E-state index in [0.717, 1.165) is 25.3 Å².